The maximum Gasteiger partial charge on any atom is 0.262 e. The van der Waals surface area contributed by atoms with E-state index in [4.69, 9.17) is 4.74 Å². The SMILES string of the molecule is CC(Nc1ccc(F)cc1)C(=O)NN=Cc1ccccc1OCc1ccccc1. The highest BCUT2D eigenvalue weighted by atomic mass is 19.1. The highest BCUT2D eigenvalue weighted by molar-refractivity contribution is 5.87. The number of halogens is 1. The monoisotopic (exact) mass is 391 g/mol. The molecule has 3 aromatic carbocycles. The van der Waals surface area contributed by atoms with E-state index in [2.05, 4.69) is 15.8 Å². The van der Waals surface area contributed by atoms with Crippen molar-refractivity contribution in [3.05, 3.63) is 95.8 Å². The summed E-state index contributed by atoms with van der Waals surface area (Å²) in [5, 5.41) is 7.02. The van der Waals surface area contributed by atoms with E-state index in [-0.39, 0.29) is 11.7 Å². The van der Waals surface area contributed by atoms with E-state index in [0.717, 1.165) is 11.1 Å². The summed E-state index contributed by atoms with van der Waals surface area (Å²) >= 11 is 0. The number of amides is 1. The summed E-state index contributed by atoms with van der Waals surface area (Å²) in [6, 6.07) is 22.6. The van der Waals surface area contributed by atoms with Crippen molar-refractivity contribution in [2.75, 3.05) is 5.32 Å². The molecule has 3 aromatic rings. The van der Waals surface area contributed by atoms with Crippen LogP contribution in [0.3, 0.4) is 0 Å². The van der Waals surface area contributed by atoms with Crippen molar-refractivity contribution in [3.63, 3.8) is 0 Å². The fourth-order valence-corrected chi connectivity index (χ4v) is 2.58. The molecule has 148 valence electrons. The minimum Gasteiger partial charge on any atom is -0.488 e. The van der Waals surface area contributed by atoms with Gasteiger partial charge in [0.15, 0.2) is 0 Å². The van der Waals surface area contributed by atoms with E-state index < -0.39 is 6.04 Å². The summed E-state index contributed by atoms with van der Waals surface area (Å²) in [4.78, 5) is 12.2. The van der Waals surface area contributed by atoms with Crippen LogP contribution in [0.15, 0.2) is 84.0 Å². The molecule has 0 saturated carbocycles. The van der Waals surface area contributed by atoms with Gasteiger partial charge in [-0.2, -0.15) is 5.10 Å². The van der Waals surface area contributed by atoms with E-state index in [1.807, 2.05) is 54.6 Å². The Kier molecular flexibility index (Phi) is 6.95. The lowest BCUT2D eigenvalue weighted by Gasteiger charge is -2.13. The number of benzene rings is 3. The van der Waals surface area contributed by atoms with Crippen LogP contribution in [0.25, 0.3) is 0 Å². The number of hydrogen-bond donors (Lipinski definition) is 2. The summed E-state index contributed by atoms with van der Waals surface area (Å²) in [5.74, 6) is 0.0329. The zero-order valence-electron chi connectivity index (χ0n) is 16.0. The normalized spacial score (nSPS) is 11.8. The lowest BCUT2D eigenvalue weighted by Crippen LogP contribution is -2.34. The molecule has 0 spiro atoms. The number of rotatable bonds is 8. The van der Waals surface area contributed by atoms with Gasteiger partial charge < -0.3 is 10.1 Å². The first kappa shape index (κ1) is 20.1. The predicted molar refractivity (Wildman–Crippen MR) is 112 cm³/mol. The second-order valence-electron chi connectivity index (χ2n) is 6.42. The largest absolute Gasteiger partial charge is 0.488 e. The number of anilines is 1. The van der Waals surface area contributed by atoms with Gasteiger partial charge >= 0.3 is 0 Å². The minimum absolute atomic E-state index is 0.312. The summed E-state index contributed by atoms with van der Waals surface area (Å²) in [6.07, 6.45) is 1.54. The van der Waals surface area contributed by atoms with E-state index >= 15 is 0 Å². The number of para-hydroxylation sites is 1. The quantitative estimate of drug-likeness (QED) is 0.443. The van der Waals surface area contributed by atoms with E-state index in [9.17, 15) is 9.18 Å². The first-order chi connectivity index (χ1) is 14.1. The number of nitrogens with zero attached hydrogens (tertiary/aromatic N) is 1. The van der Waals surface area contributed by atoms with Gasteiger partial charge in [-0.1, -0.05) is 42.5 Å². The second-order valence-corrected chi connectivity index (χ2v) is 6.42. The summed E-state index contributed by atoms with van der Waals surface area (Å²) < 4.78 is 18.8. The second kappa shape index (κ2) is 10.0. The standard InChI is InChI=1S/C23H22FN3O2/c1-17(26-21-13-11-20(24)12-14-21)23(28)27-25-15-19-9-5-6-10-22(19)29-16-18-7-3-2-4-8-18/h2-15,17,26H,16H2,1H3,(H,27,28). The van der Waals surface area contributed by atoms with Crippen LogP contribution in [-0.2, 0) is 11.4 Å². The van der Waals surface area contributed by atoms with Crippen LogP contribution in [0.5, 0.6) is 5.75 Å². The maximum absolute atomic E-state index is 13.0. The zero-order valence-corrected chi connectivity index (χ0v) is 16.0. The summed E-state index contributed by atoms with van der Waals surface area (Å²) in [6.45, 7) is 2.14. The van der Waals surface area contributed by atoms with Crippen LogP contribution in [0.4, 0.5) is 10.1 Å². The van der Waals surface area contributed by atoms with E-state index in [1.165, 1.54) is 12.1 Å². The van der Waals surface area contributed by atoms with Crippen molar-refractivity contribution in [1.82, 2.24) is 5.43 Å². The predicted octanol–water partition coefficient (Wildman–Crippen LogP) is 4.36. The molecule has 0 fully saturated rings. The van der Waals surface area contributed by atoms with Crippen LogP contribution < -0.4 is 15.5 Å². The third kappa shape index (κ3) is 6.17. The number of hydrogen-bond acceptors (Lipinski definition) is 4. The van der Waals surface area contributed by atoms with Crippen molar-refractivity contribution in [3.8, 4) is 5.75 Å². The molecule has 0 bridgehead atoms. The smallest absolute Gasteiger partial charge is 0.262 e. The van der Waals surface area contributed by atoms with Gasteiger partial charge in [-0.3, -0.25) is 4.79 Å². The van der Waals surface area contributed by atoms with Gasteiger partial charge in [0, 0.05) is 11.3 Å². The van der Waals surface area contributed by atoms with Gasteiger partial charge in [-0.05, 0) is 48.9 Å². The number of carbonyl (C=O) groups excluding carboxylic acids is 1. The van der Waals surface area contributed by atoms with Crippen LogP contribution >= 0.6 is 0 Å². The van der Waals surface area contributed by atoms with Crippen molar-refractivity contribution in [2.24, 2.45) is 5.10 Å². The molecule has 2 N–H and O–H groups in total. The molecule has 1 amide bonds. The molecule has 3 rings (SSSR count). The Balaban J connectivity index is 1.55. The molecule has 0 aliphatic heterocycles. The van der Waals surface area contributed by atoms with Gasteiger partial charge in [0.25, 0.3) is 5.91 Å². The van der Waals surface area contributed by atoms with Crippen molar-refractivity contribution in [1.29, 1.82) is 0 Å². The Hall–Kier alpha value is -3.67. The molecule has 0 aromatic heterocycles. The first-order valence-corrected chi connectivity index (χ1v) is 9.22. The number of nitrogens with one attached hydrogen (secondary N) is 2. The Morgan fingerprint density at radius 3 is 2.48 bits per heavy atom. The molecule has 6 heteroatoms. The topological polar surface area (TPSA) is 62.7 Å². The van der Waals surface area contributed by atoms with Crippen molar-refractivity contribution >= 4 is 17.8 Å². The lowest BCUT2D eigenvalue weighted by molar-refractivity contribution is -0.121. The number of hydrazone groups is 1. The fraction of sp³-hybridized carbons (Fsp3) is 0.130. The van der Waals surface area contributed by atoms with Crippen LogP contribution in [-0.4, -0.2) is 18.2 Å². The molecule has 29 heavy (non-hydrogen) atoms. The van der Waals surface area contributed by atoms with E-state index in [0.29, 0.717) is 18.0 Å². The molecular weight excluding hydrogens is 369 g/mol. The minimum atomic E-state index is -0.540. The lowest BCUT2D eigenvalue weighted by atomic mass is 10.2. The molecule has 5 nitrogen and oxygen atoms in total. The van der Waals surface area contributed by atoms with Gasteiger partial charge in [-0.15, -0.1) is 0 Å². The molecule has 1 atom stereocenters. The first-order valence-electron chi connectivity index (χ1n) is 9.22. The van der Waals surface area contributed by atoms with Crippen molar-refractivity contribution < 1.29 is 13.9 Å². The average Bonchev–Trinajstić information content (AvgIpc) is 2.75. The van der Waals surface area contributed by atoms with Gasteiger partial charge in [0.05, 0.1) is 6.21 Å². The Morgan fingerprint density at radius 2 is 1.72 bits per heavy atom. The Labute approximate surface area is 169 Å². The third-order valence-corrected chi connectivity index (χ3v) is 4.16. The summed E-state index contributed by atoms with van der Waals surface area (Å²) in [5.41, 5.74) is 4.97. The summed E-state index contributed by atoms with van der Waals surface area (Å²) in [7, 11) is 0. The highest BCUT2D eigenvalue weighted by Crippen LogP contribution is 2.17. The molecule has 0 aliphatic rings. The molecule has 0 radical (unpaired) electrons. The third-order valence-electron chi connectivity index (χ3n) is 4.16. The zero-order chi connectivity index (χ0) is 20.5. The van der Waals surface area contributed by atoms with Gasteiger partial charge in [0.2, 0.25) is 0 Å². The highest BCUT2D eigenvalue weighted by Gasteiger charge is 2.11. The average molecular weight is 391 g/mol. The van der Waals surface area contributed by atoms with Gasteiger partial charge in [-0.25, -0.2) is 9.82 Å². The molecule has 0 aliphatic carbocycles. The Morgan fingerprint density at radius 1 is 1.03 bits per heavy atom. The molecular formula is C23H22FN3O2. The van der Waals surface area contributed by atoms with Gasteiger partial charge in [0.1, 0.15) is 24.2 Å². The number of carbonyl (C=O) groups is 1. The molecule has 1 unspecified atom stereocenters. The van der Waals surface area contributed by atoms with Crippen molar-refractivity contribution in [2.45, 2.75) is 19.6 Å². The number of ether oxygens (including phenoxy) is 1. The van der Waals surface area contributed by atoms with E-state index in [1.54, 1.807) is 25.3 Å². The van der Waals surface area contributed by atoms with Crippen LogP contribution in [0.1, 0.15) is 18.1 Å². The fourth-order valence-electron chi connectivity index (χ4n) is 2.58. The molecule has 0 heterocycles. The maximum atomic E-state index is 13.0. The van der Waals surface area contributed by atoms with Crippen LogP contribution in [0.2, 0.25) is 0 Å². The molecule has 0 saturated heterocycles. The van der Waals surface area contributed by atoms with Crippen LogP contribution in [0, 0.1) is 5.82 Å². The Bertz CT molecular complexity index is 959.